The third kappa shape index (κ3) is 1.18. The van der Waals surface area contributed by atoms with Crippen LogP contribution in [0.4, 0.5) is 0 Å². The van der Waals surface area contributed by atoms with Gasteiger partial charge in [0, 0.05) is 10.3 Å². The smallest absolute Gasteiger partial charge is 0.0623 e. The molecule has 0 fully saturated rings. The number of thioether (sulfide) groups is 1. The first-order valence-corrected chi connectivity index (χ1v) is 4.93. The summed E-state index contributed by atoms with van der Waals surface area (Å²) in [6.45, 7) is 4.36. The molecule has 1 aliphatic rings. The first kappa shape index (κ1) is 6.79. The lowest BCUT2D eigenvalue weighted by molar-refractivity contribution is 0.653. The summed E-state index contributed by atoms with van der Waals surface area (Å²) in [5.41, 5.74) is 1.35. The standard InChI is InChI=1S/C11H12S/c1-11(2)7-8-12-10-6-4-3-5-9(10)11/h3-8H,1-2H3/i3D. The zero-order valence-electron chi connectivity index (χ0n) is 8.29. The fourth-order valence-electron chi connectivity index (χ4n) is 1.39. The molecule has 1 aromatic rings. The van der Waals surface area contributed by atoms with Crippen molar-refractivity contribution >= 4 is 11.8 Å². The summed E-state index contributed by atoms with van der Waals surface area (Å²) in [6, 6.07) is 6.45. The summed E-state index contributed by atoms with van der Waals surface area (Å²) in [7, 11) is 0. The molecule has 1 heteroatoms. The van der Waals surface area contributed by atoms with E-state index in [-0.39, 0.29) is 5.41 Å². The van der Waals surface area contributed by atoms with E-state index in [0.717, 1.165) is 0 Å². The van der Waals surface area contributed by atoms with Gasteiger partial charge < -0.3 is 0 Å². The molecule has 0 atom stereocenters. The van der Waals surface area contributed by atoms with Crippen LogP contribution in [0.5, 0.6) is 0 Å². The zero-order chi connectivity index (χ0) is 9.47. The topological polar surface area (TPSA) is 0 Å². The molecule has 0 unspecified atom stereocenters. The van der Waals surface area contributed by atoms with Gasteiger partial charge in [0.15, 0.2) is 0 Å². The first-order chi connectivity index (χ1) is 6.09. The van der Waals surface area contributed by atoms with Crippen LogP contribution in [0.2, 0.25) is 0 Å². The lowest BCUT2D eigenvalue weighted by atomic mass is 9.85. The summed E-state index contributed by atoms with van der Waals surface area (Å²) in [5.74, 6) is 0. The van der Waals surface area contributed by atoms with Gasteiger partial charge in [0.1, 0.15) is 0 Å². The van der Waals surface area contributed by atoms with E-state index in [2.05, 4.69) is 25.3 Å². The number of hydrogen-bond donors (Lipinski definition) is 0. The van der Waals surface area contributed by atoms with Gasteiger partial charge in [-0.25, -0.2) is 0 Å². The first-order valence-electron chi connectivity index (χ1n) is 4.55. The van der Waals surface area contributed by atoms with E-state index < -0.39 is 0 Å². The SMILES string of the molecule is [2H]c1ccc2c(c1)C(C)(C)C=CS2. The Morgan fingerprint density at radius 1 is 1.42 bits per heavy atom. The maximum absolute atomic E-state index is 7.58. The van der Waals surface area contributed by atoms with Crippen molar-refractivity contribution in [2.75, 3.05) is 0 Å². The molecule has 62 valence electrons. The second-order valence-corrected chi connectivity index (χ2v) is 4.51. The van der Waals surface area contributed by atoms with Gasteiger partial charge in [0.2, 0.25) is 0 Å². The minimum atomic E-state index is 0.0810. The van der Waals surface area contributed by atoms with E-state index in [1.165, 1.54) is 10.5 Å². The normalized spacial score (nSPS) is 20.0. The van der Waals surface area contributed by atoms with Gasteiger partial charge in [0.25, 0.3) is 0 Å². The monoisotopic (exact) mass is 177 g/mol. The van der Waals surface area contributed by atoms with Gasteiger partial charge in [0.05, 0.1) is 1.37 Å². The molecule has 1 aliphatic heterocycles. The summed E-state index contributed by atoms with van der Waals surface area (Å²) < 4.78 is 7.58. The number of benzene rings is 1. The van der Waals surface area contributed by atoms with Gasteiger partial charge in [-0.1, -0.05) is 49.9 Å². The number of allylic oxidation sites excluding steroid dienone is 1. The molecule has 0 saturated heterocycles. The van der Waals surface area contributed by atoms with E-state index in [0.29, 0.717) is 6.04 Å². The van der Waals surface area contributed by atoms with Crippen molar-refractivity contribution in [3.8, 4) is 0 Å². The number of fused-ring (bicyclic) bond motifs is 1. The summed E-state index contributed by atoms with van der Waals surface area (Å²) in [6.07, 6.45) is 2.19. The molecule has 12 heavy (non-hydrogen) atoms. The highest BCUT2D eigenvalue weighted by atomic mass is 32.2. The highest BCUT2D eigenvalue weighted by Crippen LogP contribution is 2.38. The quantitative estimate of drug-likeness (QED) is 0.583. The molecule has 1 aromatic carbocycles. The van der Waals surface area contributed by atoms with Crippen LogP contribution < -0.4 is 0 Å². The Kier molecular flexibility index (Phi) is 1.51. The van der Waals surface area contributed by atoms with E-state index in [4.69, 9.17) is 1.37 Å². The lowest BCUT2D eigenvalue weighted by Crippen LogP contribution is -2.16. The second-order valence-electron chi connectivity index (χ2n) is 3.56. The van der Waals surface area contributed by atoms with E-state index in [1.54, 1.807) is 11.8 Å². The van der Waals surface area contributed by atoms with Crippen LogP contribution in [0.15, 0.2) is 40.6 Å². The van der Waals surface area contributed by atoms with Crippen molar-refractivity contribution in [2.45, 2.75) is 24.2 Å². The van der Waals surface area contributed by atoms with Gasteiger partial charge in [-0.3, -0.25) is 0 Å². The molecular formula is C11H12S. The van der Waals surface area contributed by atoms with Crippen LogP contribution in [0.3, 0.4) is 0 Å². The Labute approximate surface area is 79.1 Å². The van der Waals surface area contributed by atoms with Crippen LogP contribution in [0.1, 0.15) is 20.8 Å². The van der Waals surface area contributed by atoms with Crippen molar-refractivity contribution in [3.05, 3.63) is 41.3 Å². The molecule has 0 aliphatic carbocycles. The van der Waals surface area contributed by atoms with Gasteiger partial charge in [-0.15, -0.1) is 0 Å². The fourth-order valence-corrected chi connectivity index (χ4v) is 2.54. The predicted molar refractivity (Wildman–Crippen MR) is 54.5 cm³/mol. The second kappa shape index (κ2) is 2.67. The van der Waals surface area contributed by atoms with Crippen molar-refractivity contribution in [1.82, 2.24) is 0 Å². The Balaban J connectivity index is 2.60. The molecule has 2 rings (SSSR count). The Bertz CT molecular complexity index is 366. The average molecular weight is 177 g/mol. The molecule has 0 amide bonds. The van der Waals surface area contributed by atoms with E-state index >= 15 is 0 Å². The van der Waals surface area contributed by atoms with Crippen molar-refractivity contribution < 1.29 is 1.37 Å². The highest BCUT2D eigenvalue weighted by Gasteiger charge is 2.22. The molecule has 0 aromatic heterocycles. The average Bonchev–Trinajstić information content (AvgIpc) is 2.06. The number of hydrogen-bond acceptors (Lipinski definition) is 1. The highest BCUT2D eigenvalue weighted by molar-refractivity contribution is 8.02. The molecule has 0 radical (unpaired) electrons. The van der Waals surface area contributed by atoms with E-state index in [1.807, 2.05) is 18.2 Å². The van der Waals surface area contributed by atoms with Crippen LogP contribution in [0.25, 0.3) is 0 Å². The molecule has 0 spiro atoms. The minimum absolute atomic E-state index is 0.0810. The van der Waals surface area contributed by atoms with Crippen LogP contribution in [0, 0.1) is 0 Å². The van der Waals surface area contributed by atoms with Crippen LogP contribution >= 0.6 is 11.8 Å². The van der Waals surface area contributed by atoms with Crippen molar-refractivity contribution in [3.63, 3.8) is 0 Å². The maximum Gasteiger partial charge on any atom is 0.0623 e. The molecular weight excluding hydrogens is 164 g/mol. The van der Waals surface area contributed by atoms with Gasteiger partial charge in [-0.2, -0.15) is 0 Å². The summed E-state index contributed by atoms with van der Waals surface area (Å²) in [4.78, 5) is 1.28. The summed E-state index contributed by atoms with van der Waals surface area (Å²) in [5, 5.41) is 2.13. The fraction of sp³-hybridized carbons (Fsp3) is 0.273. The maximum atomic E-state index is 7.58. The van der Waals surface area contributed by atoms with Gasteiger partial charge in [-0.05, 0) is 17.0 Å². The Hall–Kier alpha value is -0.690. The van der Waals surface area contributed by atoms with Crippen LogP contribution in [-0.2, 0) is 5.41 Å². The number of rotatable bonds is 0. The Morgan fingerprint density at radius 3 is 3.08 bits per heavy atom. The third-order valence-electron chi connectivity index (χ3n) is 2.20. The van der Waals surface area contributed by atoms with Gasteiger partial charge >= 0.3 is 0 Å². The predicted octanol–water partition coefficient (Wildman–Crippen LogP) is 3.58. The summed E-state index contributed by atoms with van der Waals surface area (Å²) >= 11 is 1.74. The van der Waals surface area contributed by atoms with E-state index in [9.17, 15) is 0 Å². The minimum Gasteiger partial charge on any atom is -0.0981 e. The third-order valence-corrected chi connectivity index (χ3v) is 3.08. The lowest BCUT2D eigenvalue weighted by Gasteiger charge is -2.26. The molecule has 0 saturated carbocycles. The van der Waals surface area contributed by atoms with Crippen LogP contribution in [-0.4, -0.2) is 0 Å². The molecule has 1 heterocycles. The molecule has 0 bridgehead atoms. The zero-order valence-corrected chi connectivity index (χ0v) is 8.11. The Morgan fingerprint density at radius 2 is 2.25 bits per heavy atom. The van der Waals surface area contributed by atoms with Crippen molar-refractivity contribution in [2.24, 2.45) is 0 Å². The van der Waals surface area contributed by atoms with Crippen molar-refractivity contribution in [1.29, 1.82) is 0 Å². The molecule has 0 N–H and O–H groups in total. The largest absolute Gasteiger partial charge is 0.0981 e. The molecule has 0 nitrogen and oxygen atoms in total.